The first-order valence-corrected chi connectivity index (χ1v) is 9.28. The molecule has 0 saturated carbocycles. The first-order valence-electron chi connectivity index (χ1n) is 9.28. The number of ether oxygens (including phenoxy) is 1. The van der Waals surface area contributed by atoms with Crippen LogP contribution in [0.15, 0.2) is 29.3 Å². The summed E-state index contributed by atoms with van der Waals surface area (Å²) < 4.78 is 5.79. The van der Waals surface area contributed by atoms with Crippen molar-refractivity contribution in [3.8, 4) is 0 Å². The van der Waals surface area contributed by atoms with Gasteiger partial charge in [-0.05, 0) is 24.6 Å². The van der Waals surface area contributed by atoms with Gasteiger partial charge in [0.25, 0.3) is 0 Å². The molecule has 1 aliphatic rings. The van der Waals surface area contributed by atoms with Crippen molar-refractivity contribution in [3.05, 3.63) is 35.4 Å². The Kier molecular flexibility index (Phi) is 7.26. The summed E-state index contributed by atoms with van der Waals surface area (Å²) in [5.41, 5.74) is 2.75. The third-order valence-electron chi connectivity index (χ3n) is 4.90. The summed E-state index contributed by atoms with van der Waals surface area (Å²) in [5, 5.41) is 6.85. The largest absolute Gasteiger partial charge is 0.374 e. The van der Waals surface area contributed by atoms with Crippen molar-refractivity contribution in [3.63, 3.8) is 0 Å². The Morgan fingerprint density at radius 3 is 2.60 bits per heavy atom. The summed E-state index contributed by atoms with van der Waals surface area (Å²) >= 11 is 0. The zero-order valence-corrected chi connectivity index (χ0v) is 16.4. The topological polar surface area (TPSA) is 48.9 Å². The van der Waals surface area contributed by atoms with E-state index in [-0.39, 0.29) is 11.5 Å². The fourth-order valence-electron chi connectivity index (χ4n) is 3.02. The van der Waals surface area contributed by atoms with Gasteiger partial charge in [-0.15, -0.1) is 0 Å². The lowest BCUT2D eigenvalue weighted by Crippen LogP contribution is -2.49. The molecule has 0 bridgehead atoms. The first kappa shape index (κ1) is 19.7. The summed E-state index contributed by atoms with van der Waals surface area (Å²) in [6, 6.07) is 8.92. The minimum atomic E-state index is 0.0332. The Morgan fingerprint density at radius 1 is 1.28 bits per heavy atom. The third-order valence-corrected chi connectivity index (χ3v) is 4.90. The highest BCUT2D eigenvalue weighted by molar-refractivity contribution is 5.79. The Hall–Kier alpha value is -1.59. The number of benzene rings is 1. The van der Waals surface area contributed by atoms with E-state index in [2.05, 4.69) is 72.6 Å². The number of guanidine groups is 1. The molecule has 2 rings (SSSR count). The molecular weight excluding hydrogens is 312 g/mol. The number of nitrogens with one attached hydrogen (secondary N) is 2. The average Bonchev–Trinajstić information content (AvgIpc) is 2.62. The second kappa shape index (κ2) is 9.20. The summed E-state index contributed by atoms with van der Waals surface area (Å²) in [6.07, 6.45) is 1.29. The molecule has 1 atom stereocenters. The van der Waals surface area contributed by atoms with E-state index in [1.165, 1.54) is 11.1 Å². The second-order valence-electron chi connectivity index (χ2n) is 7.50. The maximum absolute atomic E-state index is 5.79. The lowest BCUT2D eigenvalue weighted by atomic mass is 9.84. The van der Waals surface area contributed by atoms with Crippen LogP contribution in [0, 0.1) is 0 Å². The maximum atomic E-state index is 5.79. The molecule has 5 heteroatoms. The SMILES string of the molecule is CCc1ccc(C(C)(C)CNC(=NC)NCC2CN(C)CCO2)cc1. The van der Waals surface area contributed by atoms with Crippen LogP contribution < -0.4 is 10.6 Å². The zero-order chi connectivity index (χ0) is 18.3. The summed E-state index contributed by atoms with van der Waals surface area (Å²) in [6.45, 7) is 11.1. The highest BCUT2D eigenvalue weighted by Gasteiger charge is 2.22. The molecule has 1 aromatic carbocycles. The summed E-state index contributed by atoms with van der Waals surface area (Å²) in [4.78, 5) is 6.64. The Bertz CT molecular complexity index is 553. The number of aliphatic imine (C=N–C) groups is 1. The van der Waals surface area contributed by atoms with Crippen molar-refractivity contribution in [2.45, 2.75) is 38.7 Å². The van der Waals surface area contributed by atoms with Crippen LogP contribution in [0.25, 0.3) is 0 Å². The Morgan fingerprint density at radius 2 is 2.00 bits per heavy atom. The van der Waals surface area contributed by atoms with Gasteiger partial charge in [0.05, 0.1) is 12.7 Å². The van der Waals surface area contributed by atoms with E-state index in [1.807, 2.05) is 7.05 Å². The van der Waals surface area contributed by atoms with E-state index in [4.69, 9.17) is 4.74 Å². The standard InChI is InChI=1S/C20H34N4O/c1-6-16-7-9-17(10-8-16)20(2,3)15-23-19(21-4)22-13-18-14-24(5)11-12-25-18/h7-10,18H,6,11-15H2,1-5H3,(H2,21,22,23). The first-order chi connectivity index (χ1) is 11.9. The van der Waals surface area contributed by atoms with Gasteiger partial charge < -0.3 is 20.3 Å². The molecule has 1 heterocycles. The molecule has 1 aromatic rings. The quantitative estimate of drug-likeness (QED) is 0.611. The number of hydrogen-bond acceptors (Lipinski definition) is 3. The van der Waals surface area contributed by atoms with Crippen LogP contribution in [0.1, 0.15) is 31.9 Å². The van der Waals surface area contributed by atoms with Gasteiger partial charge in [-0.25, -0.2) is 0 Å². The maximum Gasteiger partial charge on any atom is 0.191 e. The summed E-state index contributed by atoms with van der Waals surface area (Å²) in [7, 11) is 3.95. The molecule has 5 nitrogen and oxygen atoms in total. The predicted molar refractivity (Wildman–Crippen MR) is 105 cm³/mol. The number of aryl methyl sites for hydroxylation is 1. The van der Waals surface area contributed by atoms with Gasteiger partial charge in [0.2, 0.25) is 0 Å². The normalized spacial score (nSPS) is 19.7. The lowest BCUT2D eigenvalue weighted by Gasteiger charge is -2.31. The molecule has 0 amide bonds. The molecule has 0 aromatic heterocycles. The van der Waals surface area contributed by atoms with Gasteiger partial charge in [0, 0.05) is 38.6 Å². The van der Waals surface area contributed by atoms with Crippen molar-refractivity contribution >= 4 is 5.96 Å². The van der Waals surface area contributed by atoms with Crippen molar-refractivity contribution in [2.24, 2.45) is 4.99 Å². The molecule has 140 valence electrons. The van der Waals surface area contributed by atoms with E-state index in [0.717, 1.165) is 45.2 Å². The number of morpholine rings is 1. The molecule has 1 fully saturated rings. The molecular formula is C20H34N4O. The van der Waals surface area contributed by atoms with Gasteiger partial charge in [0.1, 0.15) is 0 Å². The van der Waals surface area contributed by atoms with Crippen molar-refractivity contribution in [1.82, 2.24) is 15.5 Å². The monoisotopic (exact) mass is 346 g/mol. The summed E-state index contributed by atoms with van der Waals surface area (Å²) in [5.74, 6) is 0.829. The van der Waals surface area contributed by atoms with E-state index in [9.17, 15) is 0 Å². The second-order valence-corrected chi connectivity index (χ2v) is 7.50. The number of hydrogen-bond donors (Lipinski definition) is 2. The van der Waals surface area contributed by atoms with Crippen LogP contribution in [0.2, 0.25) is 0 Å². The molecule has 2 N–H and O–H groups in total. The van der Waals surface area contributed by atoms with Crippen molar-refractivity contribution < 1.29 is 4.74 Å². The van der Waals surface area contributed by atoms with Gasteiger partial charge >= 0.3 is 0 Å². The highest BCUT2D eigenvalue weighted by atomic mass is 16.5. The van der Waals surface area contributed by atoms with Crippen LogP contribution >= 0.6 is 0 Å². The molecule has 1 unspecified atom stereocenters. The lowest BCUT2D eigenvalue weighted by molar-refractivity contribution is -0.0161. The smallest absolute Gasteiger partial charge is 0.191 e. The molecule has 1 aliphatic heterocycles. The highest BCUT2D eigenvalue weighted by Crippen LogP contribution is 2.22. The minimum Gasteiger partial charge on any atom is -0.374 e. The number of nitrogens with zero attached hydrogens (tertiary/aromatic N) is 2. The van der Waals surface area contributed by atoms with Gasteiger partial charge in [-0.3, -0.25) is 4.99 Å². The fraction of sp³-hybridized carbons (Fsp3) is 0.650. The van der Waals surface area contributed by atoms with Crippen molar-refractivity contribution in [1.29, 1.82) is 0 Å². The zero-order valence-electron chi connectivity index (χ0n) is 16.4. The molecule has 25 heavy (non-hydrogen) atoms. The van der Waals surface area contributed by atoms with Crippen LogP contribution in [0.3, 0.4) is 0 Å². The minimum absolute atomic E-state index is 0.0332. The predicted octanol–water partition coefficient (Wildman–Crippen LogP) is 2.02. The fourth-order valence-corrected chi connectivity index (χ4v) is 3.02. The van der Waals surface area contributed by atoms with Crippen molar-refractivity contribution in [2.75, 3.05) is 46.9 Å². The van der Waals surface area contributed by atoms with E-state index in [0.29, 0.717) is 0 Å². The van der Waals surface area contributed by atoms with Crippen LogP contribution in [0.4, 0.5) is 0 Å². The van der Waals surface area contributed by atoms with E-state index >= 15 is 0 Å². The number of rotatable bonds is 6. The van der Waals surface area contributed by atoms with Crippen LogP contribution in [-0.4, -0.2) is 63.8 Å². The van der Waals surface area contributed by atoms with Gasteiger partial charge in [-0.2, -0.15) is 0 Å². The van der Waals surface area contributed by atoms with E-state index in [1.54, 1.807) is 0 Å². The number of likely N-dealkylation sites (N-methyl/N-ethyl adjacent to an activating group) is 1. The average molecular weight is 347 g/mol. The molecule has 0 aliphatic carbocycles. The van der Waals surface area contributed by atoms with Gasteiger partial charge in [0.15, 0.2) is 5.96 Å². The van der Waals surface area contributed by atoms with E-state index < -0.39 is 0 Å². The Balaban J connectivity index is 1.84. The molecule has 1 saturated heterocycles. The van der Waals surface area contributed by atoms with Gasteiger partial charge in [-0.1, -0.05) is 45.0 Å². The van der Waals surface area contributed by atoms with Crippen LogP contribution in [-0.2, 0) is 16.6 Å². The molecule has 0 spiro atoms. The molecule has 0 radical (unpaired) electrons. The van der Waals surface area contributed by atoms with Crippen LogP contribution in [0.5, 0.6) is 0 Å². The third kappa shape index (κ3) is 6.01. The Labute approximate surface area is 152 Å².